The van der Waals surface area contributed by atoms with Gasteiger partial charge in [-0.2, -0.15) is 9.78 Å². The highest BCUT2D eigenvalue weighted by Gasteiger charge is 2.24. The number of amides is 2. The second kappa shape index (κ2) is 11.3. The fourth-order valence-electron chi connectivity index (χ4n) is 5.06. The van der Waals surface area contributed by atoms with Gasteiger partial charge in [-0.3, -0.25) is 19.3 Å². The molecule has 0 atom stereocenters. The van der Waals surface area contributed by atoms with E-state index in [1.54, 1.807) is 60.5 Å². The van der Waals surface area contributed by atoms with Crippen LogP contribution in [0.3, 0.4) is 0 Å². The van der Waals surface area contributed by atoms with Crippen LogP contribution in [-0.2, 0) is 11.3 Å². The number of aromatic nitrogens is 2. The van der Waals surface area contributed by atoms with E-state index in [1.807, 2.05) is 18.2 Å². The number of fused-ring (bicyclic) bond motifs is 2. The van der Waals surface area contributed by atoms with Gasteiger partial charge in [0.2, 0.25) is 12.7 Å². The molecule has 0 unspecified atom stereocenters. The Labute approximate surface area is 235 Å². The van der Waals surface area contributed by atoms with E-state index in [4.69, 9.17) is 14.2 Å². The van der Waals surface area contributed by atoms with Crippen molar-refractivity contribution in [2.24, 2.45) is 0 Å². The summed E-state index contributed by atoms with van der Waals surface area (Å²) in [6, 6.07) is 19.6. The zero-order chi connectivity index (χ0) is 28.3. The normalized spacial score (nSPS) is 14.7. The molecule has 4 aromatic rings. The van der Waals surface area contributed by atoms with E-state index < -0.39 is 5.91 Å². The molecule has 0 spiro atoms. The fraction of sp³-hybridized carbons (Fsp3) is 0.267. The van der Waals surface area contributed by atoms with Crippen LogP contribution < -0.4 is 25.1 Å². The molecule has 11 heteroatoms. The van der Waals surface area contributed by atoms with Gasteiger partial charge < -0.3 is 24.4 Å². The third-order valence-corrected chi connectivity index (χ3v) is 7.31. The topological polar surface area (TPSA) is 115 Å². The van der Waals surface area contributed by atoms with Gasteiger partial charge in [-0.25, -0.2) is 0 Å². The second-order valence-electron chi connectivity index (χ2n) is 9.84. The largest absolute Gasteiger partial charge is 0.497 e. The summed E-state index contributed by atoms with van der Waals surface area (Å²) in [5, 5.41) is 7.88. The maximum atomic E-state index is 13.3. The highest BCUT2D eigenvalue weighted by atomic mass is 16.7. The Morgan fingerprint density at radius 3 is 2.41 bits per heavy atom. The van der Waals surface area contributed by atoms with Crippen LogP contribution in [0, 0.1) is 0 Å². The molecule has 210 valence electrons. The molecule has 1 fully saturated rings. The molecular formula is C30H29N5O6. The first kappa shape index (κ1) is 26.3. The lowest BCUT2D eigenvalue weighted by molar-refractivity contribution is -0.131. The molecular weight excluding hydrogens is 526 g/mol. The van der Waals surface area contributed by atoms with Crippen molar-refractivity contribution in [3.8, 4) is 22.9 Å². The third-order valence-electron chi connectivity index (χ3n) is 7.31. The van der Waals surface area contributed by atoms with E-state index in [0.717, 1.165) is 23.6 Å². The van der Waals surface area contributed by atoms with Crippen molar-refractivity contribution in [1.29, 1.82) is 0 Å². The zero-order valence-corrected chi connectivity index (χ0v) is 22.5. The van der Waals surface area contributed by atoms with Crippen LogP contribution in [0.4, 0.5) is 0 Å². The predicted octanol–water partition coefficient (Wildman–Crippen LogP) is 2.20. The number of carbonyl (C=O) groups excluding carboxylic acids is 2. The maximum absolute atomic E-state index is 13.3. The van der Waals surface area contributed by atoms with Crippen molar-refractivity contribution >= 4 is 22.6 Å². The standard InChI is InChI=1S/C30H29N5O6/c1-39-22-9-7-21(8-10-22)35-30(38)24-5-3-2-4-23(24)28(32-35)29(37)31-17-27(36)34-14-12-33(13-15-34)18-20-6-11-25-26(16-20)41-19-40-25/h2-11,16H,12-15,17-19H2,1H3,(H,31,37). The number of ether oxygens (including phenoxy) is 3. The Hall–Kier alpha value is -4.90. The molecule has 0 radical (unpaired) electrons. The zero-order valence-electron chi connectivity index (χ0n) is 22.5. The van der Waals surface area contributed by atoms with E-state index in [9.17, 15) is 14.4 Å². The van der Waals surface area contributed by atoms with E-state index in [-0.39, 0.29) is 30.5 Å². The summed E-state index contributed by atoms with van der Waals surface area (Å²) in [4.78, 5) is 43.4. The van der Waals surface area contributed by atoms with Gasteiger partial charge in [-0.1, -0.05) is 24.3 Å². The Balaban J connectivity index is 1.10. The van der Waals surface area contributed by atoms with Gasteiger partial charge in [0.25, 0.3) is 11.5 Å². The number of carbonyl (C=O) groups is 2. The molecule has 3 aromatic carbocycles. The van der Waals surface area contributed by atoms with Gasteiger partial charge in [0.05, 0.1) is 24.7 Å². The Morgan fingerprint density at radius 1 is 0.927 bits per heavy atom. The molecule has 2 aliphatic rings. The third kappa shape index (κ3) is 5.44. The molecule has 1 saturated heterocycles. The summed E-state index contributed by atoms with van der Waals surface area (Å²) in [5.74, 6) is 1.45. The monoisotopic (exact) mass is 555 g/mol. The van der Waals surface area contributed by atoms with Crippen LogP contribution in [0.2, 0.25) is 0 Å². The minimum Gasteiger partial charge on any atom is -0.497 e. The minimum absolute atomic E-state index is 0.0670. The smallest absolute Gasteiger partial charge is 0.279 e. The number of rotatable bonds is 7. The maximum Gasteiger partial charge on any atom is 0.279 e. The summed E-state index contributed by atoms with van der Waals surface area (Å²) in [6.45, 7) is 3.37. The lowest BCUT2D eigenvalue weighted by atomic mass is 10.1. The SMILES string of the molecule is COc1ccc(-n2nc(C(=O)NCC(=O)N3CCN(Cc4ccc5c(c4)OCO5)CC3)c3ccccc3c2=O)cc1. The summed E-state index contributed by atoms with van der Waals surface area (Å²) in [7, 11) is 1.56. The molecule has 41 heavy (non-hydrogen) atoms. The van der Waals surface area contributed by atoms with Gasteiger partial charge in [-0.05, 0) is 48.0 Å². The first-order valence-electron chi connectivity index (χ1n) is 13.3. The van der Waals surface area contributed by atoms with Crippen LogP contribution >= 0.6 is 0 Å². The van der Waals surface area contributed by atoms with Gasteiger partial charge >= 0.3 is 0 Å². The first-order chi connectivity index (χ1) is 20.0. The van der Waals surface area contributed by atoms with Crippen LogP contribution in [0.5, 0.6) is 17.2 Å². The summed E-state index contributed by atoms with van der Waals surface area (Å²) in [6.07, 6.45) is 0. The number of hydrogen-bond donors (Lipinski definition) is 1. The number of methoxy groups -OCH3 is 1. The van der Waals surface area contributed by atoms with Crippen LogP contribution in [0.15, 0.2) is 71.5 Å². The highest BCUT2D eigenvalue weighted by Crippen LogP contribution is 2.32. The van der Waals surface area contributed by atoms with Crippen molar-refractivity contribution in [3.05, 3.63) is 88.3 Å². The number of nitrogens with one attached hydrogen (secondary N) is 1. The second-order valence-corrected chi connectivity index (χ2v) is 9.84. The van der Waals surface area contributed by atoms with Gasteiger partial charge in [0, 0.05) is 38.1 Å². The molecule has 0 saturated carbocycles. The van der Waals surface area contributed by atoms with Crippen molar-refractivity contribution in [2.75, 3.05) is 46.6 Å². The number of piperazine rings is 1. The lowest BCUT2D eigenvalue weighted by Crippen LogP contribution is -2.50. The van der Waals surface area contributed by atoms with Crippen molar-refractivity contribution < 1.29 is 23.8 Å². The Kier molecular flexibility index (Phi) is 7.26. The molecule has 0 bridgehead atoms. The van der Waals surface area contributed by atoms with Crippen LogP contribution in [0.25, 0.3) is 16.5 Å². The average molecular weight is 556 g/mol. The first-order valence-corrected chi connectivity index (χ1v) is 13.3. The quantitative estimate of drug-likeness (QED) is 0.369. The molecule has 6 rings (SSSR count). The van der Waals surface area contributed by atoms with Crippen LogP contribution in [-0.4, -0.2) is 78.0 Å². The number of nitrogens with zero attached hydrogens (tertiary/aromatic N) is 4. The fourth-order valence-corrected chi connectivity index (χ4v) is 5.06. The summed E-state index contributed by atoms with van der Waals surface area (Å²) < 4.78 is 17.2. The van der Waals surface area contributed by atoms with Crippen LogP contribution in [0.1, 0.15) is 16.1 Å². The Morgan fingerprint density at radius 2 is 1.66 bits per heavy atom. The number of benzene rings is 3. The van der Waals surface area contributed by atoms with Crippen molar-refractivity contribution in [2.45, 2.75) is 6.54 Å². The predicted molar refractivity (Wildman–Crippen MR) is 151 cm³/mol. The molecule has 11 nitrogen and oxygen atoms in total. The van der Waals surface area contributed by atoms with E-state index in [1.165, 1.54) is 4.68 Å². The lowest BCUT2D eigenvalue weighted by Gasteiger charge is -2.34. The van der Waals surface area contributed by atoms with Gasteiger partial charge in [-0.15, -0.1) is 0 Å². The Bertz CT molecular complexity index is 1660. The van der Waals surface area contributed by atoms with Gasteiger partial charge in [0.1, 0.15) is 5.75 Å². The van der Waals surface area contributed by atoms with Crippen molar-refractivity contribution in [3.63, 3.8) is 0 Å². The molecule has 3 heterocycles. The van der Waals surface area contributed by atoms with Crippen molar-refractivity contribution in [1.82, 2.24) is 24.9 Å². The molecule has 2 aliphatic heterocycles. The van der Waals surface area contributed by atoms with E-state index >= 15 is 0 Å². The molecule has 2 amide bonds. The summed E-state index contributed by atoms with van der Waals surface area (Å²) >= 11 is 0. The number of hydrogen-bond acceptors (Lipinski definition) is 8. The molecule has 1 aromatic heterocycles. The van der Waals surface area contributed by atoms with E-state index in [0.29, 0.717) is 48.4 Å². The summed E-state index contributed by atoms with van der Waals surface area (Å²) in [5.41, 5.74) is 1.33. The average Bonchev–Trinajstić information content (AvgIpc) is 3.48. The highest BCUT2D eigenvalue weighted by molar-refractivity contribution is 6.05. The molecule has 1 N–H and O–H groups in total. The van der Waals surface area contributed by atoms with Gasteiger partial charge in [0.15, 0.2) is 17.2 Å². The molecule has 0 aliphatic carbocycles. The minimum atomic E-state index is -0.529. The van der Waals surface area contributed by atoms with E-state index in [2.05, 4.69) is 15.3 Å².